The monoisotopic (exact) mass is 303 g/mol. The maximum Gasteiger partial charge on any atom is 0.252 e. The first-order valence-electron chi connectivity index (χ1n) is 7.64. The molecule has 118 valence electrons. The van der Waals surface area contributed by atoms with Gasteiger partial charge < -0.3 is 19.7 Å². The van der Waals surface area contributed by atoms with Gasteiger partial charge in [-0.2, -0.15) is 4.98 Å². The Balaban J connectivity index is 1.40. The Morgan fingerprint density at radius 1 is 1.14 bits per heavy atom. The number of para-hydroxylation sites is 1. The molecule has 1 heterocycles. The minimum absolute atomic E-state index is 0.279. The molecule has 1 aromatic heterocycles. The molecule has 2 aromatic rings. The summed E-state index contributed by atoms with van der Waals surface area (Å²) in [6.45, 7) is 1.22. The summed E-state index contributed by atoms with van der Waals surface area (Å²) in [6.07, 6.45) is 4.07. The zero-order valence-corrected chi connectivity index (χ0v) is 12.5. The summed E-state index contributed by atoms with van der Waals surface area (Å²) in [5.41, 5.74) is 5.87. The van der Waals surface area contributed by atoms with Gasteiger partial charge in [-0.1, -0.05) is 36.2 Å². The minimum atomic E-state index is -0.418. The Hall–Kier alpha value is -1.92. The van der Waals surface area contributed by atoms with E-state index < -0.39 is 5.54 Å². The number of hydrogen-bond donors (Lipinski definition) is 1. The predicted molar refractivity (Wildman–Crippen MR) is 80.2 cm³/mol. The van der Waals surface area contributed by atoms with Crippen molar-refractivity contribution in [3.63, 3.8) is 0 Å². The van der Waals surface area contributed by atoms with E-state index in [-0.39, 0.29) is 6.61 Å². The van der Waals surface area contributed by atoms with Crippen LogP contribution < -0.4 is 10.5 Å². The van der Waals surface area contributed by atoms with E-state index in [4.69, 9.17) is 19.7 Å². The second kappa shape index (κ2) is 6.89. The molecule has 0 amide bonds. The highest BCUT2D eigenvalue weighted by Crippen LogP contribution is 2.34. The van der Waals surface area contributed by atoms with Crippen molar-refractivity contribution in [3.8, 4) is 5.75 Å². The van der Waals surface area contributed by atoms with E-state index in [1.54, 1.807) is 0 Å². The molecule has 3 rings (SSSR count). The lowest BCUT2D eigenvalue weighted by Gasteiger charge is -2.17. The number of aromatic nitrogens is 2. The second-order valence-corrected chi connectivity index (χ2v) is 5.59. The van der Waals surface area contributed by atoms with E-state index in [1.807, 2.05) is 30.3 Å². The molecule has 0 saturated heterocycles. The van der Waals surface area contributed by atoms with Crippen LogP contribution in [0.25, 0.3) is 0 Å². The molecule has 1 aromatic carbocycles. The molecule has 1 aliphatic rings. The third kappa shape index (κ3) is 3.64. The van der Waals surface area contributed by atoms with Crippen molar-refractivity contribution in [2.24, 2.45) is 5.73 Å². The minimum Gasteiger partial charge on any atom is -0.491 e. The average molecular weight is 303 g/mol. The van der Waals surface area contributed by atoms with Gasteiger partial charge in [-0.15, -0.1) is 0 Å². The molecule has 1 aliphatic carbocycles. The fourth-order valence-electron chi connectivity index (χ4n) is 2.64. The van der Waals surface area contributed by atoms with Gasteiger partial charge in [0.2, 0.25) is 0 Å². The molecule has 0 bridgehead atoms. The van der Waals surface area contributed by atoms with Crippen molar-refractivity contribution in [1.29, 1.82) is 0 Å². The lowest BCUT2D eigenvalue weighted by Crippen LogP contribution is -2.34. The van der Waals surface area contributed by atoms with Gasteiger partial charge in [0.1, 0.15) is 19.0 Å². The molecule has 6 heteroatoms. The smallest absolute Gasteiger partial charge is 0.252 e. The Bertz CT molecular complexity index is 579. The molecule has 0 unspecified atom stereocenters. The standard InChI is InChI=1S/C16H21N3O3/c17-16(8-4-5-9-16)15-18-14(22-19-15)12-20-10-11-21-13-6-2-1-3-7-13/h1-3,6-7H,4-5,8-12,17H2. The van der Waals surface area contributed by atoms with Gasteiger partial charge in [0, 0.05) is 0 Å². The molecule has 0 aliphatic heterocycles. The van der Waals surface area contributed by atoms with Crippen LogP contribution in [0.2, 0.25) is 0 Å². The molecular weight excluding hydrogens is 282 g/mol. The summed E-state index contributed by atoms with van der Waals surface area (Å²) in [5.74, 6) is 1.90. The molecule has 22 heavy (non-hydrogen) atoms. The summed E-state index contributed by atoms with van der Waals surface area (Å²) < 4.78 is 16.2. The molecule has 1 saturated carbocycles. The van der Waals surface area contributed by atoms with E-state index in [0.717, 1.165) is 31.4 Å². The van der Waals surface area contributed by atoms with Crippen molar-refractivity contribution in [3.05, 3.63) is 42.0 Å². The van der Waals surface area contributed by atoms with Crippen molar-refractivity contribution >= 4 is 0 Å². The quantitative estimate of drug-likeness (QED) is 0.791. The van der Waals surface area contributed by atoms with E-state index in [1.165, 1.54) is 0 Å². The molecule has 2 N–H and O–H groups in total. The van der Waals surface area contributed by atoms with Crippen molar-refractivity contribution in [1.82, 2.24) is 10.1 Å². The molecular formula is C16H21N3O3. The summed E-state index contributed by atoms with van der Waals surface area (Å²) in [6, 6.07) is 9.63. The van der Waals surface area contributed by atoms with Crippen LogP contribution in [0, 0.1) is 0 Å². The van der Waals surface area contributed by atoms with Gasteiger partial charge in [-0.25, -0.2) is 0 Å². The maximum absolute atomic E-state index is 6.29. The second-order valence-electron chi connectivity index (χ2n) is 5.59. The normalized spacial score (nSPS) is 16.8. The number of rotatable bonds is 7. The molecule has 6 nitrogen and oxygen atoms in total. The van der Waals surface area contributed by atoms with Crippen LogP contribution >= 0.6 is 0 Å². The van der Waals surface area contributed by atoms with Crippen LogP contribution in [0.1, 0.15) is 37.4 Å². The highest BCUT2D eigenvalue weighted by molar-refractivity contribution is 5.20. The topological polar surface area (TPSA) is 83.4 Å². The van der Waals surface area contributed by atoms with E-state index in [0.29, 0.717) is 24.9 Å². The van der Waals surface area contributed by atoms with Gasteiger partial charge >= 0.3 is 0 Å². The van der Waals surface area contributed by atoms with E-state index >= 15 is 0 Å². The number of nitrogens with two attached hydrogens (primary N) is 1. The fraction of sp³-hybridized carbons (Fsp3) is 0.500. The lowest BCUT2D eigenvalue weighted by atomic mass is 9.99. The third-order valence-electron chi connectivity index (χ3n) is 3.87. The van der Waals surface area contributed by atoms with Crippen LogP contribution in [-0.2, 0) is 16.9 Å². The molecule has 0 radical (unpaired) electrons. The van der Waals surface area contributed by atoms with Crippen molar-refractivity contribution in [2.45, 2.75) is 37.8 Å². The number of hydrogen-bond acceptors (Lipinski definition) is 6. The summed E-state index contributed by atoms with van der Waals surface area (Å²) in [4.78, 5) is 4.35. The van der Waals surface area contributed by atoms with Gasteiger partial charge in [0.25, 0.3) is 5.89 Å². The Labute approximate surface area is 129 Å². The summed E-state index contributed by atoms with van der Waals surface area (Å²) >= 11 is 0. The first-order chi connectivity index (χ1) is 10.8. The first-order valence-corrected chi connectivity index (χ1v) is 7.64. The van der Waals surface area contributed by atoms with E-state index in [9.17, 15) is 0 Å². The zero-order chi connectivity index (χ0) is 15.3. The molecule has 0 spiro atoms. The Morgan fingerprint density at radius 3 is 2.68 bits per heavy atom. The Kier molecular flexibility index (Phi) is 4.70. The average Bonchev–Trinajstić information content (AvgIpc) is 3.18. The van der Waals surface area contributed by atoms with E-state index in [2.05, 4.69) is 10.1 Å². The lowest BCUT2D eigenvalue weighted by molar-refractivity contribution is 0.0720. The highest BCUT2D eigenvalue weighted by Gasteiger charge is 2.35. The van der Waals surface area contributed by atoms with Crippen LogP contribution in [0.5, 0.6) is 5.75 Å². The predicted octanol–water partition coefficient (Wildman–Crippen LogP) is 2.39. The largest absolute Gasteiger partial charge is 0.491 e. The van der Waals surface area contributed by atoms with Crippen LogP contribution in [0.3, 0.4) is 0 Å². The number of nitrogens with zero attached hydrogens (tertiary/aromatic N) is 2. The SMILES string of the molecule is NC1(c2noc(COCCOc3ccccc3)n2)CCCC1. The fourth-order valence-corrected chi connectivity index (χ4v) is 2.64. The van der Waals surface area contributed by atoms with Gasteiger partial charge in [0.15, 0.2) is 5.82 Å². The molecule has 0 atom stereocenters. The van der Waals surface area contributed by atoms with Crippen LogP contribution in [-0.4, -0.2) is 23.4 Å². The van der Waals surface area contributed by atoms with Crippen molar-refractivity contribution in [2.75, 3.05) is 13.2 Å². The van der Waals surface area contributed by atoms with Gasteiger partial charge in [-0.05, 0) is 25.0 Å². The van der Waals surface area contributed by atoms with Crippen molar-refractivity contribution < 1.29 is 14.0 Å². The zero-order valence-electron chi connectivity index (χ0n) is 12.5. The molecule has 1 fully saturated rings. The maximum atomic E-state index is 6.29. The number of ether oxygens (including phenoxy) is 2. The van der Waals surface area contributed by atoms with Crippen LogP contribution in [0.4, 0.5) is 0 Å². The number of benzene rings is 1. The highest BCUT2D eigenvalue weighted by atomic mass is 16.5. The third-order valence-corrected chi connectivity index (χ3v) is 3.87. The van der Waals surface area contributed by atoms with Gasteiger partial charge in [-0.3, -0.25) is 0 Å². The summed E-state index contributed by atoms with van der Waals surface area (Å²) in [5, 5.41) is 3.99. The van der Waals surface area contributed by atoms with Gasteiger partial charge in [0.05, 0.1) is 12.1 Å². The first kappa shape index (κ1) is 15.0. The van der Waals surface area contributed by atoms with Crippen LogP contribution in [0.15, 0.2) is 34.9 Å². The summed E-state index contributed by atoms with van der Waals surface area (Å²) in [7, 11) is 0. The Morgan fingerprint density at radius 2 is 1.91 bits per heavy atom.